The maximum absolute atomic E-state index is 13.4. The molecule has 4 rings (SSSR count). The Hall–Kier alpha value is -3.02. The molecule has 0 saturated heterocycles. The van der Waals surface area contributed by atoms with Gasteiger partial charge in [-0.1, -0.05) is 12.1 Å². The number of hydrogen-bond acceptors (Lipinski definition) is 6. The van der Waals surface area contributed by atoms with Gasteiger partial charge in [0.2, 0.25) is 0 Å². The molecule has 11 heteroatoms. The summed E-state index contributed by atoms with van der Waals surface area (Å²) in [6.45, 7) is -0.0227. The third-order valence-electron chi connectivity index (χ3n) is 5.48. The highest BCUT2D eigenvalue weighted by molar-refractivity contribution is 7.12. The van der Waals surface area contributed by atoms with Crippen LogP contribution in [0, 0.1) is 0 Å². The van der Waals surface area contributed by atoms with E-state index in [2.05, 4.69) is 5.10 Å². The summed E-state index contributed by atoms with van der Waals surface area (Å²) in [5, 5.41) is 9.89. The molecule has 0 aliphatic carbocycles. The van der Waals surface area contributed by atoms with Crippen molar-refractivity contribution in [1.82, 2.24) is 9.91 Å². The first-order chi connectivity index (χ1) is 16.8. The van der Waals surface area contributed by atoms with Gasteiger partial charge in [0.05, 0.1) is 28.8 Å². The van der Waals surface area contributed by atoms with Gasteiger partial charge < -0.3 is 9.64 Å². The Labute approximate surface area is 208 Å². The third kappa shape index (κ3) is 5.80. The van der Waals surface area contributed by atoms with Gasteiger partial charge in [0.25, 0.3) is 11.8 Å². The number of amides is 2. The van der Waals surface area contributed by atoms with E-state index in [1.54, 1.807) is 0 Å². The maximum Gasteiger partial charge on any atom is 0.416 e. The number of thiophene rings is 2. The van der Waals surface area contributed by atoms with Gasteiger partial charge in [-0.15, -0.1) is 22.7 Å². The van der Waals surface area contributed by atoms with Crippen LogP contribution < -0.4 is 0 Å². The number of halogens is 3. The summed E-state index contributed by atoms with van der Waals surface area (Å²) in [7, 11) is 1.47. The Morgan fingerprint density at radius 3 is 2.43 bits per heavy atom. The van der Waals surface area contributed by atoms with E-state index in [0.717, 1.165) is 39.7 Å². The number of alkyl halides is 3. The van der Waals surface area contributed by atoms with Gasteiger partial charge in [0.15, 0.2) is 0 Å². The standard InChI is InChI=1S/C24H22F3N3O3S2/c1-33-11-10-29(23(32)16-6-8-17(9-7-16)24(25,26)27)15-22(31)30-19(21-5-3-13-35-21)14-18(28-30)20-4-2-12-34-20/h2-9,12-13,19H,10-11,14-15H2,1H3/t19-/m1/s1. The predicted molar refractivity (Wildman–Crippen MR) is 129 cm³/mol. The second-order valence-corrected chi connectivity index (χ2v) is 9.72. The van der Waals surface area contributed by atoms with Crippen molar-refractivity contribution in [2.75, 3.05) is 26.8 Å². The van der Waals surface area contributed by atoms with Crippen molar-refractivity contribution in [1.29, 1.82) is 0 Å². The topological polar surface area (TPSA) is 62.2 Å². The molecule has 1 aliphatic rings. The van der Waals surface area contributed by atoms with Crippen LogP contribution in [0.25, 0.3) is 0 Å². The average Bonchev–Trinajstić information content (AvgIpc) is 3.61. The van der Waals surface area contributed by atoms with Crippen LogP contribution in [0.4, 0.5) is 13.2 Å². The number of hydrazone groups is 1. The first-order valence-corrected chi connectivity index (χ1v) is 12.5. The monoisotopic (exact) mass is 521 g/mol. The zero-order chi connectivity index (χ0) is 25.0. The summed E-state index contributed by atoms with van der Waals surface area (Å²) in [6.07, 6.45) is -3.95. The third-order valence-corrected chi connectivity index (χ3v) is 7.37. The molecule has 1 aromatic carbocycles. The average molecular weight is 522 g/mol. The Morgan fingerprint density at radius 2 is 1.83 bits per heavy atom. The van der Waals surface area contributed by atoms with Crippen LogP contribution in [0.15, 0.2) is 64.4 Å². The number of rotatable bonds is 8. The summed E-state index contributed by atoms with van der Waals surface area (Å²) in [5.74, 6) is -0.940. The van der Waals surface area contributed by atoms with Crippen LogP contribution in [0.5, 0.6) is 0 Å². The van der Waals surface area contributed by atoms with E-state index in [-0.39, 0.29) is 37.2 Å². The lowest BCUT2D eigenvalue weighted by molar-refractivity contribution is -0.137. The van der Waals surface area contributed by atoms with Gasteiger partial charge in [-0.3, -0.25) is 9.59 Å². The Bertz CT molecular complexity index is 1180. The molecule has 3 aromatic rings. The van der Waals surface area contributed by atoms with Crippen LogP contribution in [0.3, 0.4) is 0 Å². The summed E-state index contributed by atoms with van der Waals surface area (Å²) in [5.41, 5.74) is 0.00466. The lowest BCUT2D eigenvalue weighted by atomic mass is 10.1. The van der Waals surface area contributed by atoms with Crippen molar-refractivity contribution in [3.8, 4) is 0 Å². The molecule has 0 radical (unpaired) electrons. The van der Waals surface area contributed by atoms with Crippen molar-refractivity contribution in [2.45, 2.75) is 18.6 Å². The predicted octanol–water partition coefficient (Wildman–Crippen LogP) is 5.29. The van der Waals surface area contributed by atoms with Crippen LogP contribution in [-0.2, 0) is 15.7 Å². The van der Waals surface area contributed by atoms with Crippen molar-refractivity contribution >= 4 is 40.2 Å². The lowest BCUT2D eigenvalue weighted by Crippen LogP contribution is -2.42. The molecule has 0 fully saturated rings. The van der Waals surface area contributed by atoms with Crippen LogP contribution in [0.1, 0.15) is 38.1 Å². The number of carbonyl (C=O) groups is 2. The van der Waals surface area contributed by atoms with Gasteiger partial charge in [0.1, 0.15) is 6.54 Å². The zero-order valence-corrected chi connectivity index (χ0v) is 20.3. The summed E-state index contributed by atoms with van der Waals surface area (Å²) in [6, 6.07) is 11.4. The summed E-state index contributed by atoms with van der Waals surface area (Å²) >= 11 is 3.06. The number of ether oxygens (including phenoxy) is 1. The number of carbonyl (C=O) groups excluding carboxylic acids is 2. The molecule has 2 amide bonds. The van der Waals surface area contributed by atoms with Crippen molar-refractivity contribution in [3.05, 3.63) is 80.2 Å². The number of methoxy groups -OCH3 is 1. The molecule has 6 nitrogen and oxygen atoms in total. The molecule has 35 heavy (non-hydrogen) atoms. The minimum Gasteiger partial charge on any atom is -0.383 e. The van der Waals surface area contributed by atoms with E-state index >= 15 is 0 Å². The molecule has 1 aliphatic heterocycles. The molecule has 0 spiro atoms. The van der Waals surface area contributed by atoms with Crippen molar-refractivity contribution < 1.29 is 27.5 Å². The summed E-state index contributed by atoms with van der Waals surface area (Å²) < 4.78 is 43.8. The molecule has 184 valence electrons. The Balaban J connectivity index is 1.56. The quantitative estimate of drug-likeness (QED) is 0.405. The van der Waals surface area contributed by atoms with Crippen molar-refractivity contribution in [2.24, 2.45) is 5.10 Å². The largest absolute Gasteiger partial charge is 0.416 e. The SMILES string of the molecule is COCCN(CC(=O)N1N=C(c2cccs2)C[C@@H]1c1cccs1)C(=O)c1ccc(C(F)(F)F)cc1. The van der Waals surface area contributed by atoms with Gasteiger partial charge >= 0.3 is 6.18 Å². The molecule has 0 bridgehead atoms. The molecule has 0 N–H and O–H groups in total. The highest BCUT2D eigenvalue weighted by Gasteiger charge is 2.35. The Morgan fingerprint density at radius 1 is 1.11 bits per heavy atom. The first kappa shape index (κ1) is 25.1. The second-order valence-electron chi connectivity index (χ2n) is 7.79. The van der Waals surface area contributed by atoms with Crippen LogP contribution in [-0.4, -0.2) is 54.2 Å². The van der Waals surface area contributed by atoms with Crippen molar-refractivity contribution in [3.63, 3.8) is 0 Å². The van der Waals surface area contributed by atoms with Gasteiger partial charge in [-0.05, 0) is 47.2 Å². The fourth-order valence-electron chi connectivity index (χ4n) is 3.71. The zero-order valence-electron chi connectivity index (χ0n) is 18.7. The molecule has 3 heterocycles. The Kier molecular flexibility index (Phi) is 7.68. The molecule has 0 saturated carbocycles. The van der Waals surface area contributed by atoms with Crippen LogP contribution in [0.2, 0.25) is 0 Å². The van der Waals surface area contributed by atoms with E-state index in [0.29, 0.717) is 6.42 Å². The smallest absolute Gasteiger partial charge is 0.383 e. The minimum atomic E-state index is -4.50. The van der Waals surface area contributed by atoms with E-state index in [4.69, 9.17) is 4.74 Å². The number of nitrogens with zero attached hydrogens (tertiary/aromatic N) is 3. The lowest BCUT2D eigenvalue weighted by Gasteiger charge is -2.26. The molecule has 1 atom stereocenters. The van der Waals surface area contributed by atoms with Crippen LogP contribution >= 0.6 is 22.7 Å². The van der Waals surface area contributed by atoms with Gasteiger partial charge in [-0.25, -0.2) is 5.01 Å². The molecule has 0 unspecified atom stereocenters. The van der Waals surface area contributed by atoms with E-state index in [1.165, 1.54) is 39.7 Å². The summed E-state index contributed by atoms with van der Waals surface area (Å²) in [4.78, 5) is 29.7. The first-order valence-electron chi connectivity index (χ1n) is 10.7. The maximum atomic E-state index is 13.4. The van der Waals surface area contributed by atoms with Gasteiger partial charge in [0, 0.05) is 30.5 Å². The van der Waals surface area contributed by atoms with E-state index < -0.39 is 17.6 Å². The second kappa shape index (κ2) is 10.7. The minimum absolute atomic E-state index is 0.0564. The molecular weight excluding hydrogens is 499 g/mol. The molecular formula is C24H22F3N3O3S2. The normalized spacial score (nSPS) is 15.8. The number of hydrogen-bond donors (Lipinski definition) is 0. The highest BCUT2D eigenvalue weighted by atomic mass is 32.1. The van der Waals surface area contributed by atoms with Gasteiger partial charge in [-0.2, -0.15) is 18.3 Å². The fraction of sp³-hybridized carbons (Fsp3) is 0.292. The molecule has 2 aromatic heterocycles. The number of benzene rings is 1. The highest BCUT2D eigenvalue weighted by Crippen LogP contribution is 2.36. The van der Waals surface area contributed by atoms with E-state index in [9.17, 15) is 22.8 Å². The van der Waals surface area contributed by atoms with E-state index in [1.807, 2.05) is 35.0 Å². The fourth-order valence-corrected chi connectivity index (χ4v) is 5.24.